The van der Waals surface area contributed by atoms with E-state index in [0.717, 1.165) is 44.5 Å². The van der Waals surface area contributed by atoms with Crippen LogP contribution < -0.4 is 5.32 Å². The van der Waals surface area contributed by atoms with Crippen LogP contribution in [0.2, 0.25) is 0 Å². The smallest absolute Gasteiger partial charge is 0.271 e. The van der Waals surface area contributed by atoms with Gasteiger partial charge in [0, 0.05) is 38.3 Å². The third-order valence-corrected chi connectivity index (χ3v) is 5.32. The Hall–Kier alpha value is -1.89. The van der Waals surface area contributed by atoms with Gasteiger partial charge in [0.05, 0.1) is 6.54 Å². The van der Waals surface area contributed by atoms with Crippen molar-refractivity contribution in [1.29, 1.82) is 0 Å². The van der Waals surface area contributed by atoms with Crippen molar-refractivity contribution in [3.05, 3.63) is 17.5 Å². The van der Waals surface area contributed by atoms with Gasteiger partial charge in [-0.05, 0) is 38.3 Å². The monoisotopic (exact) mass is 347 g/mol. The van der Waals surface area contributed by atoms with E-state index in [1.165, 1.54) is 12.8 Å². The fourth-order valence-electron chi connectivity index (χ4n) is 3.78. The summed E-state index contributed by atoms with van der Waals surface area (Å²) < 4.78 is 0. The summed E-state index contributed by atoms with van der Waals surface area (Å²) in [5.74, 6) is 0.344. The lowest BCUT2D eigenvalue weighted by molar-refractivity contribution is -0.130. The SMILES string of the molecule is CN(C)C(=O)CN1CCC[C@H](c2cc(C(=O)NC3CCCC3)n[nH]2)C1. The number of likely N-dealkylation sites (tertiary alicyclic amines) is 1. The Bertz CT molecular complexity index is 606. The molecule has 0 unspecified atom stereocenters. The van der Waals surface area contributed by atoms with Crippen molar-refractivity contribution < 1.29 is 9.59 Å². The Kier molecular flexibility index (Phi) is 5.73. The second-order valence-electron chi connectivity index (χ2n) is 7.53. The molecule has 0 aromatic carbocycles. The first-order valence-corrected chi connectivity index (χ1v) is 9.31. The van der Waals surface area contributed by atoms with Gasteiger partial charge in [-0.3, -0.25) is 19.6 Å². The highest BCUT2D eigenvalue weighted by atomic mass is 16.2. The van der Waals surface area contributed by atoms with Crippen molar-refractivity contribution >= 4 is 11.8 Å². The van der Waals surface area contributed by atoms with E-state index >= 15 is 0 Å². The summed E-state index contributed by atoms with van der Waals surface area (Å²) in [4.78, 5) is 28.1. The molecule has 1 aromatic rings. The molecule has 1 aliphatic heterocycles. The minimum Gasteiger partial charge on any atom is -0.348 e. The maximum Gasteiger partial charge on any atom is 0.271 e. The zero-order valence-electron chi connectivity index (χ0n) is 15.3. The minimum absolute atomic E-state index is 0.0788. The Morgan fingerprint density at radius 2 is 2.04 bits per heavy atom. The number of amides is 2. The normalized spacial score (nSPS) is 22.1. The van der Waals surface area contributed by atoms with Gasteiger partial charge < -0.3 is 10.2 Å². The standard InChI is InChI=1S/C18H29N5O2/c1-22(2)17(24)12-23-9-5-6-13(11-23)15-10-16(21-20-15)18(25)19-14-7-3-4-8-14/h10,13-14H,3-9,11-12H2,1-2H3,(H,19,25)(H,20,21)/t13-/m0/s1. The molecule has 2 fully saturated rings. The summed E-state index contributed by atoms with van der Waals surface area (Å²) in [6, 6.07) is 2.18. The van der Waals surface area contributed by atoms with Gasteiger partial charge in [-0.25, -0.2) is 0 Å². The lowest BCUT2D eigenvalue weighted by atomic mass is 9.94. The van der Waals surface area contributed by atoms with Gasteiger partial charge >= 0.3 is 0 Å². The van der Waals surface area contributed by atoms with E-state index in [0.29, 0.717) is 24.2 Å². The van der Waals surface area contributed by atoms with Crippen LogP contribution >= 0.6 is 0 Å². The summed E-state index contributed by atoms with van der Waals surface area (Å²) in [5, 5.41) is 10.3. The summed E-state index contributed by atoms with van der Waals surface area (Å²) in [6.07, 6.45) is 6.63. The largest absolute Gasteiger partial charge is 0.348 e. The molecule has 1 aliphatic carbocycles. The fraction of sp³-hybridized carbons (Fsp3) is 0.722. The number of aromatic amines is 1. The van der Waals surface area contributed by atoms with Crippen LogP contribution in [0.4, 0.5) is 0 Å². The summed E-state index contributed by atoms with van der Waals surface area (Å²) >= 11 is 0. The Balaban J connectivity index is 1.57. The average Bonchev–Trinajstić information content (AvgIpc) is 3.26. The zero-order valence-corrected chi connectivity index (χ0v) is 15.3. The van der Waals surface area contributed by atoms with Gasteiger partial charge in [-0.1, -0.05) is 12.8 Å². The maximum absolute atomic E-state index is 12.3. The Morgan fingerprint density at radius 1 is 1.28 bits per heavy atom. The van der Waals surface area contributed by atoms with E-state index in [2.05, 4.69) is 20.4 Å². The summed E-state index contributed by atoms with van der Waals surface area (Å²) in [7, 11) is 3.57. The first kappa shape index (κ1) is 17.9. The zero-order chi connectivity index (χ0) is 17.8. The van der Waals surface area contributed by atoms with Crippen molar-refractivity contribution in [2.75, 3.05) is 33.7 Å². The van der Waals surface area contributed by atoms with Crippen LogP contribution in [-0.4, -0.2) is 71.6 Å². The van der Waals surface area contributed by atoms with Crippen molar-refractivity contribution in [2.45, 2.75) is 50.5 Å². The number of carbonyl (C=O) groups is 2. The Morgan fingerprint density at radius 3 is 2.76 bits per heavy atom. The fourth-order valence-corrected chi connectivity index (χ4v) is 3.78. The first-order valence-electron chi connectivity index (χ1n) is 9.31. The number of H-pyrrole nitrogens is 1. The molecule has 7 heteroatoms. The highest BCUT2D eigenvalue weighted by Crippen LogP contribution is 2.26. The van der Waals surface area contributed by atoms with Crippen LogP contribution in [0.25, 0.3) is 0 Å². The summed E-state index contributed by atoms with van der Waals surface area (Å²) in [5.41, 5.74) is 1.47. The minimum atomic E-state index is -0.0788. The van der Waals surface area contributed by atoms with E-state index in [1.807, 2.05) is 6.07 Å². The van der Waals surface area contributed by atoms with Crippen LogP contribution in [0.15, 0.2) is 6.07 Å². The van der Waals surface area contributed by atoms with E-state index in [-0.39, 0.29) is 11.8 Å². The van der Waals surface area contributed by atoms with Crippen LogP contribution in [0.3, 0.4) is 0 Å². The van der Waals surface area contributed by atoms with Crippen LogP contribution in [0.1, 0.15) is 60.6 Å². The number of nitrogens with zero attached hydrogens (tertiary/aromatic N) is 3. The molecule has 2 heterocycles. The molecule has 138 valence electrons. The van der Waals surface area contributed by atoms with E-state index in [9.17, 15) is 9.59 Å². The molecule has 1 atom stereocenters. The average molecular weight is 347 g/mol. The second-order valence-corrected chi connectivity index (χ2v) is 7.53. The van der Waals surface area contributed by atoms with Crippen molar-refractivity contribution in [2.24, 2.45) is 0 Å². The topological polar surface area (TPSA) is 81.3 Å². The van der Waals surface area contributed by atoms with Crippen molar-refractivity contribution in [3.63, 3.8) is 0 Å². The number of rotatable bonds is 5. The molecule has 0 radical (unpaired) electrons. The predicted molar refractivity (Wildman–Crippen MR) is 95.4 cm³/mol. The van der Waals surface area contributed by atoms with Gasteiger partial charge in [0.2, 0.25) is 5.91 Å². The summed E-state index contributed by atoms with van der Waals surface area (Å²) in [6.45, 7) is 2.22. The third kappa shape index (κ3) is 4.60. The van der Waals surface area contributed by atoms with Gasteiger partial charge in [-0.15, -0.1) is 0 Å². The van der Waals surface area contributed by atoms with Gasteiger partial charge in [0.1, 0.15) is 5.69 Å². The van der Waals surface area contributed by atoms with E-state index in [4.69, 9.17) is 0 Å². The number of hydrogen-bond acceptors (Lipinski definition) is 4. The third-order valence-electron chi connectivity index (χ3n) is 5.32. The van der Waals surface area contributed by atoms with E-state index in [1.54, 1.807) is 19.0 Å². The molecular weight excluding hydrogens is 318 g/mol. The Labute approximate surface area is 149 Å². The van der Waals surface area contributed by atoms with Gasteiger partial charge in [-0.2, -0.15) is 5.10 Å². The lowest BCUT2D eigenvalue weighted by Crippen LogP contribution is -2.41. The number of aromatic nitrogens is 2. The molecule has 0 bridgehead atoms. The van der Waals surface area contributed by atoms with Crippen LogP contribution in [0, 0.1) is 0 Å². The number of nitrogens with one attached hydrogen (secondary N) is 2. The molecule has 1 saturated carbocycles. The maximum atomic E-state index is 12.3. The van der Waals surface area contributed by atoms with Crippen LogP contribution in [0.5, 0.6) is 0 Å². The molecule has 2 aliphatic rings. The second kappa shape index (κ2) is 7.99. The van der Waals surface area contributed by atoms with E-state index < -0.39 is 0 Å². The highest BCUT2D eigenvalue weighted by molar-refractivity contribution is 5.92. The quantitative estimate of drug-likeness (QED) is 0.842. The molecule has 25 heavy (non-hydrogen) atoms. The number of piperidine rings is 1. The van der Waals surface area contributed by atoms with Crippen LogP contribution in [-0.2, 0) is 4.79 Å². The molecule has 2 N–H and O–H groups in total. The molecule has 7 nitrogen and oxygen atoms in total. The number of carbonyl (C=O) groups excluding carboxylic acids is 2. The predicted octanol–water partition coefficient (Wildman–Crippen LogP) is 1.35. The molecule has 3 rings (SSSR count). The molecule has 2 amide bonds. The molecular formula is C18H29N5O2. The van der Waals surface area contributed by atoms with Gasteiger partial charge in [0.15, 0.2) is 0 Å². The molecule has 1 aromatic heterocycles. The molecule has 0 spiro atoms. The first-order chi connectivity index (χ1) is 12.0. The highest BCUT2D eigenvalue weighted by Gasteiger charge is 2.26. The lowest BCUT2D eigenvalue weighted by Gasteiger charge is -2.32. The molecule has 1 saturated heterocycles. The van der Waals surface area contributed by atoms with Crippen molar-refractivity contribution in [1.82, 2.24) is 25.3 Å². The van der Waals surface area contributed by atoms with Crippen molar-refractivity contribution in [3.8, 4) is 0 Å². The number of hydrogen-bond donors (Lipinski definition) is 2. The number of likely N-dealkylation sites (N-methyl/N-ethyl adjacent to an activating group) is 1. The van der Waals surface area contributed by atoms with Gasteiger partial charge in [0.25, 0.3) is 5.91 Å².